The maximum atomic E-state index is 5.93. The van der Waals surface area contributed by atoms with Crippen LogP contribution in [0, 0.1) is 19.3 Å². The van der Waals surface area contributed by atoms with Gasteiger partial charge in [-0.2, -0.15) is 0 Å². The van der Waals surface area contributed by atoms with Gasteiger partial charge in [0.1, 0.15) is 0 Å². The maximum Gasteiger partial charge on any atom is 1.00 e. The molecule has 0 radical (unpaired) electrons. The second-order valence-corrected chi connectivity index (χ2v) is 5.69. The molecule has 5 heteroatoms. The quantitative estimate of drug-likeness (QED) is 0.585. The molecule has 92 valence electrons. The van der Waals surface area contributed by atoms with Gasteiger partial charge in [-0.3, -0.25) is 0 Å². The van der Waals surface area contributed by atoms with Gasteiger partial charge in [0.05, 0.1) is 0 Å². The first-order valence-electron chi connectivity index (χ1n) is 6.17. The normalized spacial score (nSPS) is 34.2. The summed E-state index contributed by atoms with van der Waals surface area (Å²) in [5, 5.41) is 0. The Morgan fingerprint density at radius 3 is 1.89 bits per heavy atom. The van der Waals surface area contributed by atoms with Crippen LogP contribution in [0.1, 0.15) is 18.1 Å². The fraction of sp³-hybridized carbons (Fsp3) is 0.538. The Balaban J connectivity index is 0.00000120. The minimum Gasteiger partial charge on any atom is -0.540 e. The molecule has 3 heterocycles. The van der Waals surface area contributed by atoms with Crippen LogP contribution >= 0.6 is 0 Å². The number of fused-ring (bicyclic) bond motifs is 3. The minimum absolute atomic E-state index is 0. The van der Waals surface area contributed by atoms with Crippen LogP contribution < -0.4 is 56.8 Å². The Morgan fingerprint density at radius 1 is 1.00 bits per heavy atom. The molecule has 0 amide bonds. The molecule has 3 aliphatic rings. The number of hydrogen-bond donors (Lipinski definition) is 0. The molecule has 3 saturated heterocycles. The molecule has 18 heavy (non-hydrogen) atoms. The van der Waals surface area contributed by atoms with Crippen LogP contribution in [0.4, 0.5) is 0 Å². The van der Waals surface area contributed by atoms with Crippen molar-refractivity contribution in [1.82, 2.24) is 0 Å². The van der Waals surface area contributed by atoms with E-state index in [1.807, 2.05) is 0 Å². The third kappa shape index (κ3) is 2.40. The van der Waals surface area contributed by atoms with E-state index in [4.69, 9.17) is 14.0 Å². The van der Waals surface area contributed by atoms with E-state index in [2.05, 4.69) is 39.0 Å². The molecule has 0 atom stereocenters. The van der Waals surface area contributed by atoms with Crippen molar-refractivity contribution in [2.45, 2.75) is 20.8 Å². The molecule has 3 fully saturated rings. The Labute approximate surface area is 151 Å². The Hall–Kier alpha value is 0.801. The SMILES string of the molecule is Cc1cccc(C)c1[B-]12OCC(C)(CO1)CO2.[K+]. The Kier molecular flexibility index (Phi) is 4.47. The maximum absolute atomic E-state index is 5.93. The summed E-state index contributed by atoms with van der Waals surface area (Å²) in [7, 11) is 0. The van der Waals surface area contributed by atoms with E-state index in [-0.39, 0.29) is 56.8 Å². The Bertz CT molecular complexity index is 419. The van der Waals surface area contributed by atoms with Crippen molar-refractivity contribution < 1.29 is 65.3 Å². The van der Waals surface area contributed by atoms with Crippen LogP contribution in [-0.4, -0.2) is 26.6 Å². The zero-order valence-corrected chi connectivity index (χ0v) is 14.8. The summed E-state index contributed by atoms with van der Waals surface area (Å²) < 4.78 is 17.8. The molecule has 4 rings (SSSR count). The molecule has 0 unspecified atom stereocenters. The first kappa shape index (κ1) is 15.2. The summed E-state index contributed by atoms with van der Waals surface area (Å²) in [6.45, 7) is 6.76. The summed E-state index contributed by atoms with van der Waals surface area (Å²) in [4.78, 5) is 0. The van der Waals surface area contributed by atoms with Crippen molar-refractivity contribution >= 4 is 12.2 Å². The van der Waals surface area contributed by atoms with Gasteiger partial charge in [0, 0.05) is 25.2 Å². The van der Waals surface area contributed by atoms with Gasteiger partial charge in [-0.25, -0.2) is 0 Å². The van der Waals surface area contributed by atoms with E-state index in [9.17, 15) is 0 Å². The van der Waals surface area contributed by atoms with Gasteiger partial charge in [0.15, 0.2) is 0 Å². The summed E-state index contributed by atoms with van der Waals surface area (Å²) in [6, 6.07) is 6.21. The molecule has 1 aromatic rings. The van der Waals surface area contributed by atoms with Gasteiger partial charge in [0.2, 0.25) is 0 Å². The van der Waals surface area contributed by atoms with Crippen molar-refractivity contribution in [2.24, 2.45) is 5.41 Å². The average molecular weight is 272 g/mol. The van der Waals surface area contributed by atoms with Crippen molar-refractivity contribution in [3.8, 4) is 0 Å². The number of hydrogen-bond acceptors (Lipinski definition) is 3. The van der Waals surface area contributed by atoms with Gasteiger partial charge in [-0.15, -0.1) is 5.46 Å². The van der Waals surface area contributed by atoms with Crippen LogP contribution in [-0.2, 0) is 14.0 Å². The molecular weight excluding hydrogens is 254 g/mol. The van der Waals surface area contributed by atoms with Gasteiger partial charge >= 0.3 is 58.1 Å². The largest absolute Gasteiger partial charge is 1.00 e. The third-order valence-corrected chi connectivity index (χ3v) is 3.85. The van der Waals surface area contributed by atoms with Crippen molar-refractivity contribution in [2.75, 3.05) is 19.8 Å². The zero-order valence-electron chi connectivity index (χ0n) is 11.7. The molecule has 0 saturated carbocycles. The molecule has 0 aliphatic carbocycles. The number of aryl methyl sites for hydroxylation is 2. The minimum atomic E-state index is -1.70. The second kappa shape index (κ2) is 5.30. The van der Waals surface area contributed by atoms with Crippen molar-refractivity contribution in [1.29, 1.82) is 0 Å². The van der Waals surface area contributed by atoms with Gasteiger partial charge in [-0.05, 0) is 13.8 Å². The van der Waals surface area contributed by atoms with E-state index in [1.165, 1.54) is 11.1 Å². The molecular formula is C13H18BKO3. The monoisotopic (exact) mass is 272 g/mol. The predicted octanol–water partition coefficient (Wildman–Crippen LogP) is -1.46. The zero-order chi connectivity index (χ0) is 12.1. The van der Waals surface area contributed by atoms with Gasteiger partial charge in [0.25, 0.3) is 0 Å². The van der Waals surface area contributed by atoms with Gasteiger partial charge < -0.3 is 14.0 Å². The first-order valence-corrected chi connectivity index (χ1v) is 6.17. The molecule has 3 aliphatic heterocycles. The summed E-state index contributed by atoms with van der Waals surface area (Å²) in [5.41, 5.74) is 3.47. The van der Waals surface area contributed by atoms with Crippen molar-refractivity contribution in [3.63, 3.8) is 0 Å². The first-order chi connectivity index (χ1) is 8.05. The van der Waals surface area contributed by atoms with E-state index >= 15 is 0 Å². The van der Waals surface area contributed by atoms with E-state index in [0.29, 0.717) is 0 Å². The van der Waals surface area contributed by atoms with E-state index in [1.54, 1.807) is 0 Å². The molecule has 0 N–H and O–H groups in total. The topological polar surface area (TPSA) is 27.7 Å². The van der Waals surface area contributed by atoms with E-state index < -0.39 is 6.75 Å². The summed E-state index contributed by atoms with van der Waals surface area (Å²) in [5.74, 6) is 0. The summed E-state index contributed by atoms with van der Waals surface area (Å²) in [6.07, 6.45) is 0. The summed E-state index contributed by atoms with van der Waals surface area (Å²) >= 11 is 0. The Morgan fingerprint density at radius 2 is 1.44 bits per heavy atom. The molecule has 3 nitrogen and oxygen atoms in total. The van der Waals surface area contributed by atoms with Crippen LogP contribution in [0.5, 0.6) is 0 Å². The third-order valence-electron chi connectivity index (χ3n) is 3.85. The predicted molar refractivity (Wildman–Crippen MR) is 67.3 cm³/mol. The van der Waals surface area contributed by atoms with Crippen LogP contribution in [0.25, 0.3) is 0 Å². The number of rotatable bonds is 1. The molecule has 2 bridgehead atoms. The van der Waals surface area contributed by atoms with Gasteiger partial charge in [-0.1, -0.05) is 36.2 Å². The fourth-order valence-electron chi connectivity index (χ4n) is 2.84. The molecule has 0 spiro atoms. The van der Waals surface area contributed by atoms with Crippen LogP contribution in [0.15, 0.2) is 18.2 Å². The van der Waals surface area contributed by atoms with Crippen LogP contribution in [0.2, 0.25) is 0 Å². The van der Waals surface area contributed by atoms with Crippen LogP contribution in [0.3, 0.4) is 0 Å². The standard InChI is InChI=1S/C13H18BO3.K/c1-10-5-4-6-11(2)12(10)14-15-7-13(3,8-16-14)9-17-14;/h4-6H,7-9H2,1-3H3;/q-1;+1. The second-order valence-electron chi connectivity index (χ2n) is 5.69. The average Bonchev–Trinajstić information content (AvgIpc) is 2.31. The van der Waals surface area contributed by atoms with E-state index in [0.717, 1.165) is 25.3 Å². The number of benzene rings is 1. The smallest absolute Gasteiger partial charge is 0.540 e. The fourth-order valence-corrected chi connectivity index (χ4v) is 2.84. The van der Waals surface area contributed by atoms with Crippen molar-refractivity contribution in [3.05, 3.63) is 29.3 Å². The molecule has 1 aromatic carbocycles. The molecule has 0 aromatic heterocycles.